The van der Waals surface area contributed by atoms with E-state index in [1.807, 2.05) is 6.92 Å². The van der Waals surface area contributed by atoms with Crippen LogP contribution >= 0.6 is 0 Å². The maximum atomic E-state index is 13.1. The minimum Gasteiger partial charge on any atom is -0.371 e. The van der Waals surface area contributed by atoms with Crippen molar-refractivity contribution in [2.24, 2.45) is 11.8 Å². The molecular weight excluding hydrogens is 331 g/mol. The molecule has 2 aliphatic rings. The van der Waals surface area contributed by atoms with Crippen molar-refractivity contribution in [1.82, 2.24) is 10.2 Å². The van der Waals surface area contributed by atoms with Crippen molar-refractivity contribution in [3.63, 3.8) is 0 Å². The molecule has 5 heteroatoms. The Kier molecular flexibility index (Phi) is 6.30. The average Bonchev–Trinajstić information content (AvgIpc) is 2.65. The maximum Gasteiger partial charge on any atom is 0.237 e. The minimum absolute atomic E-state index is 0.107. The highest BCUT2D eigenvalue weighted by Crippen LogP contribution is 2.30. The molecule has 3 rings (SSSR count). The zero-order valence-corrected chi connectivity index (χ0v) is 16.1. The van der Waals surface area contributed by atoms with Crippen molar-refractivity contribution in [3.8, 4) is 0 Å². The first-order valence-electron chi connectivity index (χ1n) is 9.87. The van der Waals surface area contributed by atoms with Crippen molar-refractivity contribution in [2.75, 3.05) is 19.7 Å². The number of halogens is 1. The number of rotatable bonds is 4. The second-order valence-corrected chi connectivity index (χ2v) is 7.96. The van der Waals surface area contributed by atoms with Gasteiger partial charge in [-0.15, -0.1) is 0 Å². The van der Waals surface area contributed by atoms with Gasteiger partial charge >= 0.3 is 0 Å². The summed E-state index contributed by atoms with van der Waals surface area (Å²) in [4.78, 5) is 15.0. The number of benzene rings is 1. The molecule has 1 saturated heterocycles. The molecule has 1 aromatic rings. The maximum absolute atomic E-state index is 13.1. The van der Waals surface area contributed by atoms with Crippen LogP contribution in [0.5, 0.6) is 0 Å². The third-order valence-corrected chi connectivity index (χ3v) is 6.30. The quantitative estimate of drug-likeness (QED) is 0.891. The summed E-state index contributed by atoms with van der Waals surface area (Å²) in [6.45, 7) is 8.47. The molecular formula is C21H31FN2O2. The van der Waals surface area contributed by atoms with E-state index in [4.69, 9.17) is 4.74 Å². The van der Waals surface area contributed by atoms with E-state index in [1.54, 1.807) is 12.1 Å². The monoisotopic (exact) mass is 362 g/mol. The molecule has 0 unspecified atom stereocenters. The standard InChI is InChI=1S/C21H31FN2O2/c1-14-5-4-6-19(15(14)2)23-21(25)16(3)24-11-12-26-20(13-24)17-7-9-18(22)10-8-17/h7-10,14-16,19-20H,4-6,11-13H2,1-3H3,(H,23,25)/t14-,15+,16-,19-,20-/m1/s1. The van der Waals surface area contributed by atoms with Crippen LogP contribution in [-0.4, -0.2) is 42.6 Å². The number of amides is 1. The van der Waals surface area contributed by atoms with Crippen molar-refractivity contribution in [1.29, 1.82) is 0 Å². The van der Waals surface area contributed by atoms with E-state index >= 15 is 0 Å². The predicted molar refractivity (Wildman–Crippen MR) is 100 cm³/mol. The smallest absolute Gasteiger partial charge is 0.237 e. The number of morpholine rings is 1. The SMILES string of the molecule is C[C@H]1[C@H](C)CCC[C@H]1NC(=O)[C@@H](C)N1CCO[C@@H](c2ccc(F)cc2)C1. The van der Waals surface area contributed by atoms with Crippen LogP contribution in [0.3, 0.4) is 0 Å². The number of hydrogen-bond donors (Lipinski definition) is 1. The molecule has 1 amide bonds. The van der Waals surface area contributed by atoms with Gasteiger partial charge in [0, 0.05) is 19.1 Å². The van der Waals surface area contributed by atoms with Crippen molar-refractivity contribution < 1.29 is 13.9 Å². The molecule has 0 radical (unpaired) electrons. The van der Waals surface area contributed by atoms with Gasteiger partial charge in [0.1, 0.15) is 5.82 Å². The van der Waals surface area contributed by atoms with Gasteiger partial charge in [-0.05, 0) is 42.9 Å². The van der Waals surface area contributed by atoms with E-state index in [1.165, 1.54) is 25.0 Å². The van der Waals surface area contributed by atoms with E-state index in [9.17, 15) is 9.18 Å². The van der Waals surface area contributed by atoms with Gasteiger partial charge in [-0.25, -0.2) is 4.39 Å². The topological polar surface area (TPSA) is 41.6 Å². The number of carbonyl (C=O) groups excluding carboxylic acids is 1. The van der Waals surface area contributed by atoms with Gasteiger partial charge in [0.05, 0.1) is 18.8 Å². The lowest BCUT2D eigenvalue weighted by molar-refractivity contribution is -0.130. The van der Waals surface area contributed by atoms with Crippen LogP contribution in [0.25, 0.3) is 0 Å². The highest BCUT2D eigenvalue weighted by Gasteiger charge is 2.32. The fourth-order valence-electron chi connectivity index (χ4n) is 4.15. The van der Waals surface area contributed by atoms with Crippen LogP contribution in [0.2, 0.25) is 0 Å². The Morgan fingerprint density at radius 3 is 2.73 bits per heavy atom. The van der Waals surface area contributed by atoms with Crippen LogP contribution in [0.4, 0.5) is 4.39 Å². The molecule has 4 nitrogen and oxygen atoms in total. The molecule has 1 aliphatic heterocycles. The van der Waals surface area contributed by atoms with Crippen LogP contribution < -0.4 is 5.32 Å². The Bertz CT molecular complexity index is 607. The first kappa shape index (κ1) is 19.3. The van der Waals surface area contributed by atoms with Gasteiger partial charge in [0.25, 0.3) is 0 Å². The second kappa shape index (κ2) is 8.49. The summed E-state index contributed by atoms with van der Waals surface area (Å²) < 4.78 is 19.0. The van der Waals surface area contributed by atoms with E-state index in [0.29, 0.717) is 25.0 Å². The van der Waals surface area contributed by atoms with Crippen LogP contribution in [0.15, 0.2) is 24.3 Å². The van der Waals surface area contributed by atoms with E-state index in [2.05, 4.69) is 24.1 Å². The van der Waals surface area contributed by atoms with Gasteiger partial charge in [-0.1, -0.05) is 38.8 Å². The van der Waals surface area contributed by atoms with Gasteiger partial charge < -0.3 is 10.1 Å². The molecule has 0 spiro atoms. The van der Waals surface area contributed by atoms with Crippen molar-refractivity contribution in [3.05, 3.63) is 35.6 Å². The first-order chi connectivity index (χ1) is 12.5. The van der Waals surface area contributed by atoms with Crippen LogP contribution in [0.1, 0.15) is 51.7 Å². The third kappa shape index (κ3) is 4.44. The Labute approximate surface area is 156 Å². The minimum atomic E-state index is -0.245. The van der Waals surface area contributed by atoms with E-state index in [-0.39, 0.29) is 29.9 Å². The lowest BCUT2D eigenvalue weighted by Crippen LogP contribution is -2.54. The zero-order chi connectivity index (χ0) is 18.7. The molecule has 1 aliphatic carbocycles. The second-order valence-electron chi connectivity index (χ2n) is 7.96. The Morgan fingerprint density at radius 1 is 1.27 bits per heavy atom. The normalized spacial score (nSPS) is 31.4. The molecule has 1 saturated carbocycles. The molecule has 26 heavy (non-hydrogen) atoms. The zero-order valence-electron chi connectivity index (χ0n) is 16.1. The Balaban J connectivity index is 1.58. The summed E-state index contributed by atoms with van der Waals surface area (Å²) in [6.07, 6.45) is 3.40. The number of ether oxygens (including phenoxy) is 1. The third-order valence-electron chi connectivity index (χ3n) is 6.30. The molecule has 144 valence electrons. The number of carbonyl (C=O) groups is 1. The highest BCUT2D eigenvalue weighted by molar-refractivity contribution is 5.81. The van der Waals surface area contributed by atoms with Gasteiger partial charge in [0.2, 0.25) is 5.91 Å². The molecule has 2 fully saturated rings. The molecule has 5 atom stereocenters. The summed E-state index contributed by atoms with van der Waals surface area (Å²) in [5.74, 6) is 1.05. The number of nitrogens with one attached hydrogen (secondary N) is 1. The summed E-state index contributed by atoms with van der Waals surface area (Å²) >= 11 is 0. The van der Waals surface area contributed by atoms with Gasteiger partial charge in [0.15, 0.2) is 0 Å². The van der Waals surface area contributed by atoms with Gasteiger partial charge in [-0.2, -0.15) is 0 Å². The predicted octanol–water partition coefficient (Wildman–Crippen LogP) is 3.53. The molecule has 1 N–H and O–H groups in total. The fraction of sp³-hybridized carbons (Fsp3) is 0.667. The summed E-state index contributed by atoms with van der Waals surface area (Å²) in [6, 6.07) is 6.53. The lowest BCUT2D eigenvalue weighted by atomic mass is 9.78. The molecule has 0 aromatic heterocycles. The average molecular weight is 362 g/mol. The molecule has 1 heterocycles. The largest absolute Gasteiger partial charge is 0.371 e. The van der Waals surface area contributed by atoms with Gasteiger partial charge in [-0.3, -0.25) is 9.69 Å². The van der Waals surface area contributed by atoms with Crippen molar-refractivity contribution in [2.45, 2.75) is 58.2 Å². The van der Waals surface area contributed by atoms with Crippen LogP contribution in [0, 0.1) is 17.7 Å². The summed E-state index contributed by atoms with van der Waals surface area (Å²) in [7, 11) is 0. The Morgan fingerprint density at radius 2 is 2.00 bits per heavy atom. The van der Waals surface area contributed by atoms with E-state index in [0.717, 1.165) is 18.5 Å². The molecule has 1 aromatic carbocycles. The van der Waals surface area contributed by atoms with E-state index < -0.39 is 0 Å². The Hall–Kier alpha value is -1.46. The highest BCUT2D eigenvalue weighted by atomic mass is 19.1. The molecule has 0 bridgehead atoms. The fourth-order valence-corrected chi connectivity index (χ4v) is 4.15. The lowest BCUT2D eigenvalue weighted by Gasteiger charge is -2.39. The summed E-state index contributed by atoms with van der Waals surface area (Å²) in [5.41, 5.74) is 0.957. The van der Waals surface area contributed by atoms with Crippen molar-refractivity contribution >= 4 is 5.91 Å². The summed E-state index contributed by atoms with van der Waals surface area (Å²) in [5, 5.41) is 3.29. The van der Waals surface area contributed by atoms with Crippen LogP contribution in [-0.2, 0) is 9.53 Å². The number of hydrogen-bond acceptors (Lipinski definition) is 3. The first-order valence-corrected chi connectivity index (χ1v) is 9.87. The number of nitrogens with zero attached hydrogens (tertiary/aromatic N) is 1.